The number of thioether (sulfide) groups is 1. The van der Waals surface area contributed by atoms with Gasteiger partial charge < -0.3 is 14.9 Å². The molecule has 0 aliphatic rings. The fourth-order valence-electron chi connectivity index (χ4n) is 2.42. The normalized spacial score (nSPS) is 13.8. The van der Waals surface area contributed by atoms with E-state index < -0.39 is 31.3 Å². The monoisotopic (exact) mass is 447 g/mol. The molecule has 1 amide bonds. The van der Waals surface area contributed by atoms with Crippen molar-refractivity contribution in [3.05, 3.63) is 35.9 Å². The quantitative estimate of drug-likeness (QED) is 0.222. The molecule has 29 heavy (non-hydrogen) atoms. The topological polar surface area (TPSA) is 139 Å². The van der Waals surface area contributed by atoms with Gasteiger partial charge in [0.25, 0.3) is 0 Å². The number of carbonyl (C=O) groups is 3. The molecular weight excluding hydrogens is 421 g/mol. The number of ether oxygens (including phenoxy) is 1. The summed E-state index contributed by atoms with van der Waals surface area (Å²) in [7, 11) is -3.57. The molecule has 1 aromatic carbocycles. The van der Waals surface area contributed by atoms with Crippen LogP contribution in [-0.4, -0.2) is 52.6 Å². The second kappa shape index (κ2) is 13.2. The first-order chi connectivity index (χ1) is 13.8. The maximum absolute atomic E-state index is 13.1. The minimum atomic E-state index is -3.57. The van der Waals surface area contributed by atoms with Gasteiger partial charge in [0.05, 0.1) is 5.92 Å². The summed E-state index contributed by atoms with van der Waals surface area (Å²) in [5.41, 5.74) is 2.74. The van der Waals surface area contributed by atoms with E-state index >= 15 is 0 Å². The van der Waals surface area contributed by atoms with Gasteiger partial charge in [-0.15, -0.1) is 0 Å². The van der Waals surface area contributed by atoms with Crippen molar-refractivity contribution in [2.24, 2.45) is 5.92 Å². The molecule has 1 aromatic rings. The van der Waals surface area contributed by atoms with E-state index in [1.54, 1.807) is 24.3 Å². The van der Waals surface area contributed by atoms with Crippen LogP contribution in [0.15, 0.2) is 30.3 Å². The minimum Gasteiger partial charge on any atom is -0.481 e. The number of carboxylic acids is 2. The number of hydrogen-bond acceptors (Lipinski definition) is 7. The third-order valence-corrected chi connectivity index (χ3v) is 7.03. The minimum absolute atomic E-state index is 0.0107. The van der Waals surface area contributed by atoms with Crippen molar-refractivity contribution >= 4 is 37.2 Å². The van der Waals surface area contributed by atoms with Crippen molar-refractivity contribution in [3.63, 3.8) is 0 Å². The molecule has 1 rings (SSSR count). The van der Waals surface area contributed by atoms with Gasteiger partial charge in [0.2, 0.25) is 7.37 Å². The molecule has 0 radical (unpaired) electrons. The maximum Gasteiger partial charge on any atom is 0.432 e. The highest BCUT2D eigenvalue weighted by molar-refractivity contribution is 7.98. The lowest BCUT2D eigenvalue weighted by atomic mass is 10.1. The van der Waals surface area contributed by atoms with Crippen LogP contribution in [-0.2, 0) is 30.1 Å². The lowest BCUT2D eigenvalue weighted by molar-refractivity contribution is -0.142. The lowest BCUT2D eigenvalue weighted by Gasteiger charge is -2.21. The van der Waals surface area contributed by atoms with Gasteiger partial charge in [0, 0.05) is 18.7 Å². The Kier molecular flexibility index (Phi) is 11.4. The van der Waals surface area contributed by atoms with E-state index in [0.29, 0.717) is 12.2 Å². The average molecular weight is 447 g/mol. The van der Waals surface area contributed by atoms with Crippen molar-refractivity contribution in [2.75, 3.05) is 24.3 Å². The van der Waals surface area contributed by atoms with Crippen LogP contribution < -0.4 is 5.48 Å². The molecule has 2 atom stereocenters. The van der Waals surface area contributed by atoms with Gasteiger partial charge in [-0.2, -0.15) is 17.2 Å². The summed E-state index contributed by atoms with van der Waals surface area (Å²) in [4.78, 5) is 34.0. The fourth-order valence-corrected chi connectivity index (χ4v) is 5.31. The summed E-state index contributed by atoms with van der Waals surface area (Å²) >= 11 is 1.53. The molecule has 0 bridgehead atoms. The Labute approximate surface area is 173 Å². The van der Waals surface area contributed by atoms with Crippen LogP contribution in [0.25, 0.3) is 0 Å². The molecule has 0 spiro atoms. The number of hydrogen-bond donors (Lipinski definition) is 3. The molecule has 0 fully saturated rings. The van der Waals surface area contributed by atoms with Crippen molar-refractivity contribution < 1.29 is 38.5 Å². The van der Waals surface area contributed by atoms with E-state index in [-0.39, 0.29) is 31.8 Å². The third kappa shape index (κ3) is 10.9. The Balaban J connectivity index is 2.67. The second-order valence-corrected chi connectivity index (χ2v) is 9.90. The molecule has 0 aromatic heterocycles. The summed E-state index contributed by atoms with van der Waals surface area (Å²) in [6.07, 6.45) is 0.554. The molecule has 3 N–H and O–H groups in total. The number of benzene rings is 1. The predicted molar refractivity (Wildman–Crippen MR) is 109 cm³/mol. The highest BCUT2D eigenvalue weighted by Crippen LogP contribution is 2.49. The van der Waals surface area contributed by atoms with E-state index in [9.17, 15) is 24.1 Å². The van der Waals surface area contributed by atoms with Crippen LogP contribution in [0, 0.1) is 5.92 Å². The molecule has 0 saturated heterocycles. The van der Waals surface area contributed by atoms with E-state index in [1.165, 1.54) is 11.8 Å². The summed E-state index contributed by atoms with van der Waals surface area (Å²) in [5.74, 6) is -2.88. The van der Waals surface area contributed by atoms with E-state index in [4.69, 9.17) is 14.5 Å². The van der Waals surface area contributed by atoms with Gasteiger partial charge in [-0.05, 0) is 30.4 Å². The summed E-state index contributed by atoms with van der Waals surface area (Å²) in [5, 5.41) is 18.1. The molecule has 162 valence electrons. The number of rotatable bonds is 14. The summed E-state index contributed by atoms with van der Waals surface area (Å²) in [6, 6.07) is 8.93. The van der Waals surface area contributed by atoms with Crippen LogP contribution in [0.1, 0.15) is 24.8 Å². The molecule has 11 heteroatoms. The van der Waals surface area contributed by atoms with Crippen molar-refractivity contribution in [1.82, 2.24) is 5.48 Å². The fraction of sp³-hybridized carbons (Fsp3) is 0.500. The standard InChI is InChI=1S/C18H26NO8PS/c1-29-11-5-10-28(25,13-15(17(22)23)8-9-16(20)21)27-19-18(24)26-12-14-6-3-2-4-7-14/h2-4,6-7,15H,5,8-13H2,1H3,(H,19,24)(H,20,21)(H,22,23). The highest BCUT2D eigenvalue weighted by atomic mass is 32.2. The van der Waals surface area contributed by atoms with Crippen molar-refractivity contribution in [2.45, 2.75) is 25.9 Å². The van der Waals surface area contributed by atoms with Crippen LogP contribution in [0.3, 0.4) is 0 Å². The Morgan fingerprint density at radius 1 is 1.21 bits per heavy atom. The first kappa shape index (κ1) is 25.0. The largest absolute Gasteiger partial charge is 0.481 e. The van der Waals surface area contributed by atoms with E-state index in [0.717, 1.165) is 5.56 Å². The van der Waals surface area contributed by atoms with Crippen molar-refractivity contribution in [1.29, 1.82) is 0 Å². The van der Waals surface area contributed by atoms with Gasteiger partial charge in [-0.25, -0.2) is 9.42 Å². The van der Waals surface area contributed by atoms with Crippen LogP contribution in [0.4, 0.5) is 4.79 Å². The first-order valence-electron chi connectivity index (χ1n) is 8.92. The van der Waals surface area contributed by atoms with E-state index in [2.05, 4.69) is 0 Å². The number of aliphatic carboxylic acids is 2. The molecule has 0 saturated carbocycles. The van der Waals surface area contributed by atoms with Crippen molar-refractivity contribution in [3.8, 4) is 0 Å². The summed E-state index contributed by atoms with van der Waals surface area (Å²) < 4.78 is 23.2. The van der Waals surface area contributed by atoms with Gasteiger partial charge in [0.15, 0.2) is 0 Å². The zero-order valence-corrected chi connectivity index (χ0v) is 17.8. The number of carboxylic acid groups (broad SMARTS) is 2. The molecular formula is C18H26NO8PS. The summed E-state index contributed by atoms with van der Waals surface area (Å²) in [6.45, 7) is -0.0107. The van der Waals surface area contributed by atoms with Crippen LogP contribution >= 0.6 is 19.1 Å². The zero-order chi connectivity index (χ0) is 21.7. The molecule has 2 unspecified atom stereocenters. The second-order valence-electron chi connectivity index (χ2n) is 6.29. The number of hydroxylamine groups is 1. The Morgan fingerprint density at radius 2 is 1.90 bits per heavy atom. The predicted octanol–water partition coefficient (Wildman–Crippen LogP) is 3.44. The first-order valence-corrected chi connectivity index (χ1v) is 12.3. The molecule has 9 nitrogen and oxygen atoms in total. The van der Waals surface area contributed by atoms with Gasteiger partial charge in [-0.3, -0.25) is 14.2 Å². The molecule has 0 heterocycles. The smallest absolute Gasteiger partial charge is 0.432 e. The Bertz CT molecular complexity index is 715. The third-order valence-electron chi connectivity index (χ3n) is 3.91. The number of amides is 1. The zero-order valence-electron chi connectivity index (χ0n) is 16.1. The van der Waals surface area contributed by atoms with Gasteiger partial charge in [-0.1, -0.05) is 30.3 Å². The number of carbonyl (C=O) groups excluding carboxylic acids is 1. The van der Waals surface area contributed by atoms with Gasteiger partial charge >= 0.3 is 18.0 Å². The van der Waals surface area contributed by atoms with Crippen LogP contribution in [0.5, 0.6) is 0 Å². The maximum atomic E-state index is 13.1. The van der Waals surface area contributed by atoms with Crippen LogP contribution in [0.2, 0.25) is 0 Å². The van der Waals surface area contributed by atoms with E-state index in [1.807, 2.05) is 17.8 Å². The van der Waals surface area contributed by atoms with Gasteiger partial charge in [0.1, 0.15) is 6.61 Å². The molecule has 0 aliphatic carbocycles. The lowest BCUT2D eigenvalue weighted by Crippen LogP contribution is -2.27. The Hall–Kier alpha value is -2.03. The Morgan fingerprint density at radius 3 is 2.48 bits per heavy atom. The molecule has 0 aliphatic heterocycles. The number of nitrogens with one attached hydrogen (secondary N) is 1. The SMILES string of the molecule is CSCCCP(=O)(CC(CCC(=O)O)C(=O)O)ONC(=O)OCc1ccccc1. The highest BCUT2D eigenvalue weighted by Gasteiger charge is 2.33. The average Bonchev–Trinajstić information content (AvgIpc) is 2.69.